The quantitative estimate of drug-likeness (QED) is 0.686. The van der Waals surface area contributed by atoms with Crippen LogP contribution in [0, 0.1) is 10.1 Å². The zero-order valence-electron chi connectivity index (χ0n) is 10.1. The minimum absolute atomic E-state index is 0.0972. The Morgan fingerprint density at radius 1 is 1.21 bits per heavy atom. The number of nitrogens with zero attached hydrogens (tertiary/aromatic N) is 1. The Morgan fingerprint density at radius 2 is 1.95 bits per heavy atom. The van der Waals surface area contributed by atoms with Crippen molar-refractivity contribution in [2.75, 3.05) is 0 Å². The molecule has 0 saturated carbocycles. The van der Waals surface area contributed by atoms with Crippen LogP contribution in [0.3, 0.4) is 0 Å². The van der Waals surface area contributed by atoms with E-state index in [0.717, 1.165) is 5.56 Å². The van der Waals surface area contributed by atoms with E-state index in [9.17, 15) is 10.1 Å². The van der Waals surface area contributed by atoms with Gasteiger partial charge in [0.05, 0.1) is 4.92 Å². The highest BCUT2D eigenvalue weighted by atomic mass is 35.5. The zero-order chi connectivity index (χ0) is 13.8. The highest BCUT2D eigenvalue weighted by Gasteiger charge is 2.16. The second-order valence-electron chi connectivity index (χ2n) is 4.25. The van der Waals surface area contributed by atoms with Crippen LogP contribution in [0.25, 0.3) is 0 Å². The van der Waals surface area contributed by atoms with E-state index in [2.05, 4.69) is 0 Å². The molecule has 2 aromatic carbocycles. The summed E-state index contributed by atoms with van der Waals surface area (Å²) in [6.45, 7) is 0. The molecule has 1 atom stereocenters. The summed E-state index contributed by atoms with van der Waals surface area (Å²) >= 11 is 5.91. The number of para-hydroxylation sites is 1. The van der Waals surface area contributed by atoms with Crippen LogP contribution in [0.2, 0.25) is 5.02 Å². The van der Waals surface area contributed by atoms with Gasteiger partial charge in [-0.2, -0.15) is 0 Å². The van der Waals surface area contributed by atoms with Crippen molar-refractivity contribution in [3.63, 3.8) is 0 Å². The van der Waals surface area contributed by atoms with E-state index in [0.29, 0.717) is 17.0 Å². The van der Waals surface area contributed by atoms with Crippen LogP contribution in [0.4, 0.5) is 5.69 Å². The number of rotatable bonds is 4. The second kappa shape index (κ2) is 5.82. The SMILES string of the molecule is NC(Cc1ccccc1[N+](=O)[O-])c1cccc(Cl)c1. The molecule has 4 nitrogen and oxygen atoms in total. The fraction of sp³-hybridized carbons (Fsp3) is 0.143. The summed E-state index contributed by atoms with van der Waals surface area (Å²) in [5, 5.41) is 11.5. The van der Waals surface area contributed by atoms with Crippen molar-refractivity contribution in [2.45, 2.75) is 12.5 Å². The largest absolute Gasteiger partial charge is 0.324 e. The Kier molecular flexibility index (Phi) is 4.14. The van der Waals surface area contributed by atoms with Crippen LogP contribution in [0.15, 0.2) is 48.5 Å². The van der Waals surface area contributed by atoms with Gasteiger partial charge in [-0.1, -0.05) is 41.9 Å². The van der Waals surface area contributed by atoms with Crippen molar-refractivity contribution >= 4 is 17.3 Å². The molecule has 1 unspecified atom stereocenters. The molecule has 5 heteroatoms. The van der Waals surface area contributed by atoms with E-state index in [1.165, 1.54) is 6.07 Å². The fourth-order valence-electron chi connectivity index (χ4n) is 1.95. The minimum Gasteiger partial charge on any atom is -0.324 e. The summed E-state index contributed by atoms with van der Waals surface area (Å²) in [5.41, 5.74) is 7.67. The third-order valence-corrected chi connectivity index (χ3v) is 3.14. The van der Waals surface area contributed by atoms with E-state index < -0.39 is 0 Å². The molecule has 0 heterocycles. The first-order valence-corrected chi connectivity index (χ1v) is 6.19. The third kappa shape index (κ3) is 3.30. The molecule has 0 fully saturated rings. The molecule has 0 bridgehead atoms. The molecule has 98 valence electrons. The van der Waals surface area contributed by atoms with Gasteiger partial charge in [0.25, 0.3) is 5.69 Å². The molecule has 0 saturated heterocycles. The van der Waals surface area contributed by atoms with E-state index >= 15 is 0 Å². The first-order chi connectivity index (χ1) is 9.08. The normalized spacial score (nSPS) is 12.1. The number of nitro groups is 1. The molecule has 19 heavy (non-hydrogen) atoms. The lowest BCUT2D eigenvalue weighted by Crippen LogP contribution is -2.14. The van der Waals surface area contributed by atoms with Gasteiger partial charge in [-0.25, -0.2) is 0 Å². The smallest absolute Gasteiger partial charge is 0.272 e. The van der Waals surface area contributed by atoms with Gasteiger partial charge in [0, 0.05) is 22.7 Å². The number of nitro benzene ring substituents is 1. The molecule has 0 aliphatic carbocycles. The molecular formula is C14H13ClN2O2. The molecule has 2 N–H and O–H groups in total. The van der Waals surface area contributed by atoms with E-state index in [-0.39, 0.29) is 16.7 Å². The van der Waals surface area contributed by atoms with Crippen LogP contribution in [0.1, 0.15) is 17.2 Å². The Bertz CT molecular complexity index is 602. The average Bonchev–Trinajstić information content (AvgIpc) is 2.39. The Balaban J connectivity index is 2.24. The third-order valence-electron chi connectivity index (χ3n) is 2.90. The van der Waals surface area contributed by atoms with Crippen LogP contribution in [0.5, 0.6) is 0 Å². The number of halogens is 1. The standard InChI is InChI=1S/C14H13ClN2O2/c15-12-6-3-5-10(8-12)13(16)9-11-4-1-2-7-14(11)17(18)19/h1-8,13H,9,16H2. The van der Waals surface area contributed by atoms with E-state index in [4.69, 9.17) is 17.3 Å². The maximum absolute atomic E-state index is 10.9. The first-order valence-electron chi connectivity index (χ1n) is 5.81. The lowest BCUT2D eigenvalue weighted by atomic mass is 9.99. The molecule has 2 aromatic rings. The van der Waals surface area contributed by atoms with Gasteiger partial charge < -0.3 is 5.73 Å². The number of nitrogens with two attached hydrogens (primary N) is 1. The Morgan fingerprint density at radius 3 is 2.63 bits per heavy atom. The van der Waals surface area contributed by atoms with Crippen LogP contribution in [-0.2, 0) is 6.42 Å². The van der Waals surface area contributed by atoms with Crippen LogP contribution < -0.4 is 5.73 Å². The van der Waals surface area contributed by atoms with Crippen molar-refractivity contribution in [3.8, 4) is 0 Å². The van der Waals surface area contributed by atoms with Crippen molar-refractivity contribution in [1.82, 2.24) is 0 Å². The van der Waals surface area contributed by atoms with Crippen molar-refractivity contribution in [3.05, 3.63) is 74.8 Å². The monoisotopic (exact) mass is 276 g/mol. The summed E-state index contributed by atoms with van der Waals surface area (Å²) in [7, 11) is 0. The molecule has 0 radical (unpaired) electrons. The number of hydrogen-bond donors (Lipinski definition) is 1. The summed E-state index contributed by atoms with van der Waals surface area (Å²) in [4.78, 5) is 10.5. The van der Waals surface area contributed by atoms with Crippen LogP contribution >= 0.6 is 11.6 Å². The highest BCUT2D eigenvalue weighted by Crippen LogP contribution is 2.24. The molecule has 0 spiro atoms. The van der Waals surface area contributed by atoms with Crippen molar-refractivity contribution in [2.24, 2.45) is 5.73 Å². The Hall–Kier alpha value is -1.91. The van der Waals surface area contributed by atoms with E-state index in [1.54, 1.807) is 30.3 Å². The van der Waals surface area contributed by atoms with Crippen LogP contribution in [-0.4, -0.2) is 4.92 Å². The molecule has 2 rings (SSSR count). The lowest BCUT2D eigenvalue weighted by Gasteiger charge is -2.12. The summed E-state index contributed by atoms with van der Waals surface area (Å²) in [5.74, 6) is 0. The summed E-state index contributed by atoms with van der Waals surface area (Å²) in [6.07, 6.45) is 0.400. The molecular weight excluding hydrogens is 264 g/mol. The predicted octanol–water partition coefficient (Wildman–Crippen LogP) is 3.49. The highest BCUT2D eigenvalue weighted by molar-refractivity contribution is 6.30. The predicted molar refractivity (Wildman–Crippen MR) is 75.2 cm³/mol. The van der Waals surface area contributed by atoms with Gasteiger partial charge in [-0.05, 0) is 24.1 Å². The van der Waals surface area contributed by atoms with Crippen molar-refractivity contribution in [1.29, 1.82) is 0 Å². The van der Waals surface area contributed by atoms with Gasteiger partial charge in [0.2, 0.25) is 0 Å². The summed E-state index contributed by atoms with van der Waals surface area (Å²) < 4.78 is 0. The van der Waals surface area contributed by atoms with Crippen molar-refractivity contribution < 1.29 is 4.92 Å². The minimum atomic E-state index is -0.389. The molecule has 0 aliphatic heterocycles. The molecule has 0 aliphatic rings. The van der Waals surface area contributed by atoms with Gasteiger partial charge in [0.1, 0.15) is 0 Å². The number of benzene rings is 2. The second-order valence-corrected chi connectivity index (χ2v) is 4.69. The van der Waals surface area contributed by atoms with Gasteiger partial charge >= 0.3 is 0 Å². The number of hydrogen-bond acceptors (Lipinski definition) is 3. The first kappa shape index (κ1) is 13.5. The maximum atomic E-state index is 10.9. The zero-order valence-corrected chi connectivity index (χ0v) is 10.9. The van der Waals surface area contributed by atoms with Gasteiger partial charge in [-0.3, -0.25) is 10.1 Å². The fourth-order valence-corrected chi connectivity index (χ4v) is 2.15. The summed E-state index contributed by atoms with van der Waals surface area (Å²) in [6, 6.07) is 13.5. The average molecular weight is 277 g/mol. The lowest BCUT2D eigenvalue weighted by molar-refractivity contribution is -0.385. The topological polar surface area (TPSA) is 69.2 Å². The molecule has 0 amide bonds. The van der Waals surface area contributed by atoms with Gasteiger partial charge in [0.15, 0.2) is 0 Å². The van der Waals surface area contributed by atoms with E-state index in [1.807, 2.05) is 12.1 Å². The maximum Gasteiger partial charge on any atom is 0.272 e. The van der Waals surface area contributed by atoms with Gasteiger partial charge in [-0.15, -0.1) is 0 Å². The Labute approximate surface area is 116 Å². The molecule has 0 aromatic heterocycles.